The summed E-state index contributed by atoms with van der Waals surface area (Å²) in [5.74, 6) is 0.358. The van der Waals surface area contributed by atoms with Crippen molar-refractivity contribution in [1.82, 2.24) is 20.2 Å². The molecule has 2 heterocycles. The standard InChI is InChI=1S/C14H21N5O2/c1-3-11(2)16-13(21)12-4-5-15-14(17-12)19-8-6-18(10-20)7-9-19/h4-5,10-11H,3,6-9H2,1-2H3,(H,16,21). The fourth-order valence-electron chi connectivity index (χ4n) is 2.05. The van der Waals surface area contributed by atoms with Gasteiger partial charge in [0.2, 0.25) is 12.4 Å². The Kier molecular flexibility index (Phi) is 5.08. The van der Waals surface area contributed by atoms with E-state index in [4.69, 9.17) is 0 Å². The van der Waals surface area contributed by atoms with Gasteiger partial charge in [-0.15, -0.1) is 0 Å². The topological polar surface area (TPSA) is 78.4 Å². The predicted octanol–water partition coefficient (Wildman–Crippen LogP) is 0.283. The van der Waals surface area contributed by atoms with Crippen LogP contribution in [0.1, 0.15) is 30.8 Å². The Labute approximate surface area is 124 Å². The molecule has 21 heavy (non-hydrogen) atoms. The van der Waals surface area contributed by atoms with Crippen LogP contribution in [0.5, 0.6) is 0 Å². The minimum Gasteiger partial charge on any atom is -0.348 e. The number of amides is 2. The highest BCUT2D eigenvalue weighted by atomic mass is 16.2. The Morgan fingerprint density at radius 2 is 2.14 bits per heavy atom. The van der Waals surface area contributed by atoms with E-state index in [0.29, 0.717) is 37.8 Å². The van der Waals surface area contributed by atoms with Crippen LogP contribution >= 0.6 is 0 Å². The minimum atomic E-state index is -0.181. The van der Waals surface area contributed by atoms with Gasteiger partial charge in [0.1, 0.15) is 5.69 Å². The highest BCUT2D eigenvalue weighted by Gasteiger charge is 2.19. The first-order chi connectivity index (χ1) is 10.1. The van der Waals surface area contributed by atoms with E-state index in [1.165, 1.54) is 0 Å². The monoisotopic (exact) mass is 291 g/mol. The van der Waals surface area contributed by atoms with Gasteiger partial charge in [0.05, 0.1) is 0 Å². The lowest BCUT2D eigenvalue weighted by atomic mass is 10.2. The van der Waals surface area contributed by atoms with Crippen LogP contribution in [-0.4, -0.2) is 59.4 Å². The molecule has 7 heteroatoms. The van der Waals surface area contributed by atoms with E-state index in [9.17, 15) is 9.59 Å². The summed E-state index contributed by atoms with van der Waals surface area (Å²) in [5, 5.41) is 2.89. The molecule has 1 aromatic rings. The van der Waals surface area contributed by atoms with Crippen LogP contribution in [-0.2, 0) is 4.79 Å². The van der Waals surface area contributed by atoms with E-state index in [2.05, 4.69) is 15.3 Å². The lowest BCUT2D eigenvalue weighted by molar-refractivity contribution is -0.118. The van der Waals surface area contributed by atoms with Crippen molar-refractivity contribution in [2.24, 2.45) is 0 Å². The van der Waals surface area contributed by atoms with Crippen LogP contribution in [0.15, 0.2) is 12.3 Å². The van der Waals surface area contributed by atoms with Crippen molar-refractivity contribution in [3.05, 3.63) is 18.0 Å². The van der Waals surface area contributed by atoms with E-state index < -0.39 is 0 Å². The van der Waals surface area contributed by atoms with Gasteiger partial charge in [0, 0.05) is 38.4 Å². The van der Waals surface area contributed by atoms with Gasteiger partial charge < -0.3 is 15.1 Å². The second-order valence-corrected chi connectivity index (χ2v) is 5.15. The quantitative estimate of drug-likeness (QED) is 0.789. The smallest absolute Gasteiger partial charge is 0.270 e. The summed E-state index contributed by atoms with van der Waals surface area (Å²) in [5.41, 5.74) is 0.373. The summed E-state index contributed by atoms with van der Waals surface area (Å²) in [6.45, 7) is 6.62. The molecule has 1 saturated heterocycles. The van der Waals surface area contributed by atoms with Crippen LogP contribution in [0.3, 0.4) is 0 Å². The third-order valence-corrected chi connectivity index (χ3v) is 3.61. The van der Waals surface area contributed by atoms with Crippen LogP contribution in [0.25, 0.3) is 0 Å². The van der Waals surface area contributed by atoms with Gasteiger partial charge in [0.25, 0.3) is 5.91 Å². The van der Waals surface area contributed by atoms with Crippen LogP contribution in [0.4, 0.5) is 5.95 Å². The maximum atomic E-state index is 12.1. The first-order valence-electron chi connectivity index (χ1n) is 7.22. The molecule has 114 valence electrons. The molecule has 0 saturated carbocycles. The number of hydrogen-bond acceptors (Lipinski definition) is 5. The Morgan fingerprint density at radius 3 is 2.76 bits per heavy atom. The third-order valence-electron chi connectivity index (χ3n) is 3.61. The van der Waals surface area contributed by atoms with Crippen molar-refractivity contribution in [2.75, 3.05) is 31.1 Å². The van der Waals surface area contributed by atoms with Crippen molar-refractivity contribution >= 4 is 18.3 Å². The molecule has 0 radical (unpaired) electrons. The molecule has 1 aromatic heterocycles. The number of nitrogens with zero attached hydrogens (tertiary/aromatic N) is 4. The molecule has 1 aliphatic rings. The highest BCUT2D eigenvalue weighted by Crippen LogP contribution is 2.10. The Morgan fingerprint density at radius 1 is 1.43 bits per heavy atom. The lowest BCUT2D eigenvalue weighted by Gasteiger charge is -2.32. The predicted molar refractivity (Wildman–Crippen MR) is 79.1 cm³/mol. The largest absolute Gasteiger partial charge is 0.348 e. The number of carbonyl (C=O) groups is 2. The third kappa shape index (κ3) is 3.90. The van der Waals surface area contributed by atoms with Gasteiger partial charge in [-0.25, -0.2) is 9.97 Å². The normalized spacial score (nSPS) is 16.5. The summed E-state index contributed by atoms with van der Waals surface area (Å²) in [6.07, 6.45) is 3.32. The molecule has 0 aliphatic carbocycles. The molecule has 0 aromatic carbocycles. The number of piperazine rings is 1. The van der Waals surface area contributed by atoms with Crippen molar-refractivity contribution in [1.29, 1.82) is 0 Å². The van der Waals surface area contributed by atoms with Crippen molar-refractivity contribution in [3.63, 3.8) is 0 Å². The summed E-state index contributed by atoms with van der Waals surface area (Å²) in [6, 6.07) is 1.73. The van der Waals surface area contributed by atoms with Crippen LogP contribution < -0.4 is 10.2 Å². The second kappa shape index (κ2) is 7.01. The molecule has 1 unspecified atom stereocenters. The molecule has 2 rings (SSSR count). The SMILES string of the molecule is CCC(C)NC(=O)c1ccnc(N2CCN(C=O)CC2)n1. The van der Waals surface area contributed by atoms with E-state index in [1.807, 2.05) is 18.7 Å². The van der Waals surface area contributed by atoms with Gasteiger partial charge in [0.15, 0.2) is 0 Å². The van der Waals surface area contributed by atoms with Crippen molar-refractivity contribution < 1.29 is 9.59 Å². The maximum absolute atomic E-state index is 12.1. The molecule has 2 amide bonds. The van der Waals surface area contributed by atoms with Gasteiger partial charge >= 0.3 is 0 Å². The number of aromatic nitrogens is 2. The molecule has 1 aliphatic heterocycles. The van der Waals surface area contributed by atoms with Crippen molar-refractivity contribution in [2.45, 2.75) is 26.3 Å². The Bertz CT molecular complexity index is 500. The average Bonchev–Trinajstić information content (AvgIpc) is 2.55. The first kappa shape index (κ1) is 15.2. The summed E-state index contributed by atoms with van der Waals surface area (Å²) >= 11 is 0. The molecule has 0 bridgehead atoms. The number of nitrogens with one attached hydrogen (secondary N) is 1. The minimum absolute atomic E-state index is 0.118. The van der Waals surface area contributed by atoms with E-state index in [0.717, 1.165) is 12.8 Å². The van der Waals surface area contributed by atoms with E-state index in [1.54, 1.807) is 17.2 Å². The van der Waals surface area contributed by atoms with Crippen molar-refractivity contribution in [3.8, 4) is 0 Å². The van der Waals surface area contributed by atoms with Gasteiger partial charge in [-0.1, -0.05) is 6.92 Å². The zero-order valence-corrected chi connectivity index (χ0v) is 12.5. The molecule has 7 nitrogen and oxygen atoms in total. The highest BCUT2D eigenvalue weighted by molar-refractivity contribution is 5.92. The zero-order valence-electron chi connectivity index (χ0n) is 12.5. The zero-order chi connectivity index (χ0) is 15.2. The van der Waals surface area contributed by atoms with Crippen LogP contribution in [0.2, 0.25) is 0 Å². The molecule has 1 N–H and O–H groups in total. The number of anilines is 1. The number of hydrogen-bond donors (Lipinski definition) is 1. The molecule has 0 spiro atoms. The average molecular weight is 291 g/mol. The summed E-state index contributed by atoms with van der Waals surface area (Å²) in [7, 11) is 0. The van der Waals surface area contributed by atoms with Gasteiger partial charge in [-0.05, 0) is 19.4 Å². The van der Waals surface area contributed by atoms with Gasteiger partial charge in [-0.3, -0.25) is 9.59 Å². The Balaban J connectivity index is 2.04. The van der Waals surface area contributed by atoms with E-state index in [-0.39, 0.29) is 11.9 Å². The summed E-state index contributed by atoms with van der Waals surface area (Å²) < 4.78 is 0. The Hall–Kier alpha value is -2.18. The molecule has 1 fully saturated rings. The lowest BCUT2D eigenvalue weighted by Crippen LogP contribution is -2.46. The molecular weight excluding hydrogens is 270 g/mol. The van der Waals surface area contributed by atoms with Crippen LogP contribution in [0, 0.1) is 0 Å². The number of carbonyl (C=O) groups excluding carboxylic acids is 2. The second-order valence-electron chi connectivity index (χ2n) is 5.15. The maximum Gasteiger partial charge on any atom is 0.270 e. The fraction of sp³-hybridized carbons (Fsp3) is 0.571. The van der Waals surface area contributed by atoms with Gasteiger partial charge in [-0.2, -0.15) is 0 Å². The molecular formula is C14H21N5O2. The first-order valence-corrected chi connectivity index (χ1v) is 7.22. The summed E-state index contributed by atoms with van der Waals surface area (Å²) in [4.78, 5) is 35.0. The number of rotatable bonds is 5. The van der Waals surface area contributed by atoms with E-state index >= 15 is 0 Å². The fourth-order valence-corrected chi connectivity index (χ4v) is 2.05. The molecule has 1 atom stereocenters.